The van der Waals surface area contributed by atoms with Crippen LogP contribution in [0, 0.1) is 19.7 Å². The molecule has 0 aliphatic heterocycles. The van der Waals surface area contributed by atoms with Crippen molar-refractivity contribution in [2.24, 2.45) is 0 Å². The summed E-state index contributed by atoms with van der Waals surface area (Å²) < 4.78 is 13.8. The molecular formula is C18H22FNS. The lowest BCUT2D eigenvalue weighted by Gasteiger charge is -2.19. The van der Waals surface area contributed by atoms with Crippen LogP contribution in [-0.2, 0) is 0 Å². The van der Waals surface area contributed by atoms with E-state index >= 15 is 0 Å². The Balaban J connectivity index is 2.12. The zero-order valence-electron chi connectivity index (χ0n) is 12.8. The highest BCUT2D eigenvalue weighted by molar-refractivity contribution is 7.99. The van der Waals surface area contributed by atoms with Gasteiger partial charge in [-0.25, -0.2) is 4.39 Å². The summed E-state index contributed by atoms with van der Waals surface area (Å²) in [6, 6.07) is 14.1. The molecule has 1 nitrogen and oxygen atoms in total. The maximum Gasteiger partial charge on any atom is 0.126 e. The van der Waals surface area contributed by atoms with E-state index in [2.05, 4.69) is 43.4 Å². The molecule has 0 saturated carbocycles. The van der Waals surface area contributed by atoms with E-state index in [1.807, 2.05) is 23.9 Å². The molecule has 21 heavy (non-hydrogen) atoms. The van der Waals surface area contributed by atoms with Gasteiger partial charge in [-0.1, -0.05) is 37.3 Å². The van der Waals surface area contributed by atoms with Gasteiger partial charge >= 0.3 is 0 Å². The summed E-state index contributed by atoms with van der Waals surface area (Å²) >= 11 is 1.82. The van der Waals surface area contributed by atoms with E-state index in [4.69, 9.17) is 0 Å². The van der Waals surface area contributed by atoms with Gasteiger partial charge in [-0.2, -0.15) is 0 Å². The molecule has 0 spiro atoms. The second-order valence-electron chi connectivity index (χ2n) is 5.20. The fraction of sp³-hybridized carbons (Fsp3) is 0.333. The van der Waals surface area contributed by atoms with Crippen molar-refractivity contribution in [3.63, 3.8) is 0 Å². The standard InChI is InChI=1S/C18H22FNS/c1-4-20-17(15-10-9-13(2)16(19)11-15)12-21-18-8-6-5-7-14(18)3/h5-11,17,20H,4,12H2,1-3H3. The summed E-state index contributed by atoms with van der Waals surface area (Å²) in [6.07, 6.45) is 0. The molecule has 112 valence electrons. The van der Waals surface area contributed by atoms with Crippen LogP contribution in [0.3, 0.4) is 0 Å². The van der Waals surface area contributed by atoms with Crippen molar-refractivity contribution >= 4 is 11.8 Å². The topological polar surface area (TPSA) is 12.0 Å². The molecule has 0 heterocycles. The van der Waals surface area contributed by atoms with E-state index in [0.717, 1.165) is 17.9 Å². The first kappa shape index (κ1) is 16.1. The quantitative estimate of drug-likeness (QED) is 0.763. The van der Waals surface area contributed by atoms with Crippen molar-refractivity contribution in [1.82, 2.24) is 5.32 Å². The van der Waals surface area contributed by atoms with Crippen LogP contribution in [0.4, 0.5) is 4.39 Å². The Hall–Kier alpha value is -1.32. The van der Waals surface area contributed by atoms with Gasteiger partial charge < -0.3 is 5.32 Å². The predicted octanol–water partition coefficient (Wildman–Crippen LogP) is 4.89. The Bertz CT molecular complexity index is 598. The fourth-order valence-corrected chi connectivity index (χ4v) is 3.36. The van der Waals surface area contributed by atoms with Crippen molar-refractivity contribution in [2.75, 3.05) is 12.3 Å². The molecule has 2 aromatic carbocycles. The number of thioether (sulfide) groups is 1. The lowest BCUT2D eigenvalue weighted by Crippen LogP contribution is -2.23. The van der Waals surface area contributed by atoms with Gasteiger partial charge in [-0.05, 0) is 49.2 Å². The SMILES string of the molecule is CCNC(CSc1ccccc1C)c1ccc(C)c(F)c1. The Morgan fingerprint density at radius 2 is 1.86 bits per heavy atom. The molecule has 0 aliphatic carbocycles. The first-order chi connectivity index (χ1) is 10.1. The highest BCUT2D eigenvalue weighted by Crippen LogP contribution is 2.27. The van der Waals surface area contributed by atoms with Crippen LogP contribution in [0.1, 0.15) is 29.7 Å². The minimum atomic E-state index is -0.128. The van der Waals surface area contributed by atoms with Crippen LogP contribution >= 0.6 is 11.8 Å². The zero-order valence-corrected chi connectivity index (χ0v) is 13.6. The molecule has 0 amide bonds. The average molecular weight is 303 g/mol. The van der Waals surface area contributed by atoms with Gasteiger partial charge in [0.25, 0.3) is 0 Å². The second-order valence-corrected chi connectivity index (χ2v) is 6.26. The highest BCUT2D eigenvalue weighted by atomic mass is 32.2. The van der Waals surface area contributed by atoms with Crippen molar-refractivity contribution in [3.05, 3.63) is 65.0 Å². The molecule has 2 rings (SSSR count). The van der Waals surface area contributed by atoms with Crippen LogP contribution in [0.25, 0.3) is 0 Å². The summed E-state index contributed by atoms with van der Waals surface area (Å²) in [6.45, 7) is 6.87. The molecule has 1 unspecified atom stereocenters. The molecule has 3 heteroatoms. The third-order valence-electron chi connectivity index (χ3n) is 3.55. The average Bonchev–Trinajstić information content (AvgIpc) is 2.48. The highest BCUT2D eigenvalue weighted by Gasteiger charge is 2.13. The summed E-state index contributed by atoms with van der Waals surface area (Å²) in [7, 11) is 0. The van der Waals surface area contributed by atoms with E-state index in [9.17, 15) is 4.39 Å². The lowest BCUT2D eigenvalue weighted by molar-refractivity contribution is 0.585. The Morgan fingerprint density at radius 3 is 2.52 bits per heavy atom. The van der Waals surface area contributed by atoms with Gasteiger partial charge in [0.15, 0.2) is 0 Å². The first-order valence-corrected chi connectivity index (χ1v) is 8.28. The smallest absolute Gasteiger partial charge is 0.126 e. The molecule has 2 aromatic rings. The minimum absolute atomic E-state index is 0.128. The summed E-state index contributed by atoms with van der Waals surface area (Å²) in [5.41, 5.74) is 2.99. The number of hydrogen-bond acceptors (Lipinski definition) is 2. The van der Waals surface area contributed by atoms with Crippen LogP contribution in [0.2, 0.25) is 0 Å². The van der Waals surface area contributed by atoms with E-state index in [1.54, 1.807) is 13.0 Å². The molecule has 0 saturated heterocycles. The van der Waals surface area contributed by atoms with Crippen LogP contribution in [0.15, 0.2) is 47.4 Å². The molecule has 1 N–H and O–H groups in total. The van der Waals surface area contributed by atoms with Crippen molar-refractivity contribution in [1.29, 1.82) is 0 Å². The third kappa shape index (κ3) is 4.32. The minimum Gasteiger partial charge on any atom is -0.309 e. The van der Waals surface area contributed by atoms with E-state index in [-0.39, 0.29) is 11.9 Å². The first-order valence-electron chi connectivity index (χ1n) is 7.29. The van der Waals surface area contributed by atoms with Gasteiger partial charge in [0, 0.05) is 16.7 Å². The number of halogens is 1. The van der Waals surface area contributed by atoms with Crippen LogP contribution < -0.4 is 5.32 Å². The van der Waals surface area contributed by atoms with Crippen LogP contribution in [-0.4, -0.2) is 12.3 Å². The Kier molecular flexibility index (Phi) is 5.83. The van der Waals surface area contributed by atoms with Gasteiger partial charge in [0.2, 0.25) is 0 Å². The fourth-order valence-electron chi connectivity index (χ4n) is 2.24. The molecular weight excluding hydrogens is 281 g/mol. The van der Waals surface area contributed by atoms with Crippen molar-refractivity contribution in [2.45, 2.75) is 31.7 Å². The number of nitrogens with one attached hydrogen (secondary N) is 1. The zero-order chi connectivity index (χ0) is 15.2. The van der Waals surface area contributed by atoms with Crippen molar-refractivity contribution in [3.8, 4) is 0 Å². The normalized spacial score (nSPS) is 12.4. The Labute approximate surface area is 131 Å². The second kappa shape index (κ2) is 7.62. The third-order valence-corrected chi connectivity index (χ3v) is 4.82. The molecule has 1 atom stereocenters. The number of hydrogen-bond donors (Lipinski definition) is 1. The van der Waals surface area contributed by atoms with Gasteiger partial charge in [0.05, 0.1) is 0 Å². The Morgan fingerprint density at radius 1 is 1.10 bits per heavy atom. The van der Waals surface area contributed by atoms with E-state index in [1.165, 1.54) is 10.5 Å². The van der Waals surface area contributed by atoms with Gasteiger partial charge in [-0.15, -0.1) is 11.8 Å². The molecule has 0 radical (unpaired) electrons. The lowest BCUT2D eigenvalue weighted by atomic mass is 10.1. The monoisotopic (exact) mass is 303 g/mol. The van der Waals surface area contributed by atoms with E-state index in [0.29, 0.717) is 5.56 Å². The van der Waals surface area contributed by atoms with Gasteiger partial charge in [0.1, 0.15) is 5.82 Å². The molecule has 0 aromatic heterocycles. The summed E-state index contributed by atoms with van der Waals surface area (Å²) in [5, 5.41) is 3.45. The molecule has 0 bridgehead atoms. The van der Waals surface area contributed by atoms with E-state index < -0.39 is 0 Å². The number of rotatable bonds is 6. The number of benzene rings is 2. The number of aryl methyl sites for hydroxylation is 2. The van der Waals surface area contributed by atoms with Crippen LogP contribution in [0.5, 0.6) is 0 Å². The molecule has 0 fully saturated rings. The summed E-state index contributed by atoms with van der Waals surface area (Å²) in [4.78, 5) is 1.29. The van der Waals surface area contributed by atoms with Crippen molar-refractivity contribution < 1.29 is 4.39 Å². The molecule has 0 aliphatic rings. The predicted molar refractivity (Wildman–Crippen MR) is 89.5 cm³/mol. The summed E-state index contributed by atoms with van der Waals surface area (Å²) in [5.74, 6) is 0.762. The maximum atomic E-state index is 13.8. The van der Waals surface area contributed by atoms with Gasteiger partial charge in [-0.3, -0.25) is 0 Å². The maximum absolute atomic E-state index is 13.8. The largest absolute Gasteiger partial charge is 0.309 e.